The third-order valence-corrected chi connectivity index (χ3v) is 3.42. The number of halogens is 1. The molecule has 0 amide bonds. The highest BCUT2D eigenvalue weighted by molar-refractivity contribution is 7.47. The summed E-state index contributed by atoms with van der Waals surface area (Å²) in [6.45, 7) is 2.04. The minimum Gasteiger partial charge on any atom is -0.299 e. The van der Waals surface area contributed by atoms with E-state index in [1.165, 1.54) is 0 Å². The second-order valence-corrected chi connectivity index (χ2v) is 5.12. The van der Waals surface area contributed by atoms with Crippen LogP contribution >= 0.6 is 7.91 Å². The van der Waals surface area contributed by atoms with E-state index in [-0.39, 0.29) is 0 Å². The molecule has 84 valence electrons. The largest absolute Gasteiger partial charge is 0.511 e. The Balaban J connectivity index is 2.57. The van der Waals surface area contributed by atoms with Gasteiger partial charge in [-0.25, -0.2) is 4.57 Å². The van der Waals surface area contributed by atoms with Crippen LogP contribution in [0.2, 0.25) is 0 Å². The summed E-state index contributed by atoms with van der Waals surface area (Å²) in [4.78, 5) is 8.61. The third-order valence-electron chi connectivity index (χ3n) is 2.81. The van der Waals surface area contributed by atoms with Gasteiger partial charge in [-0.1, -0.05) is 32.6 Å². The van der Waals surface area contributed by atoms with Crippen LogP contribution in [0.25, 0.3) is 0 Å². The minimum absolute atomic E-state index is 0.658. The third kappa shape index (κ3) is 3.68. The van der Waals surface area contributed by atoms with Gasteiger partial charge in [0.1, 0.15) is 0 Å². The molecule has 0 spiro atoms. The maximum absolute atomic E-state index is 12.6. The van der Waals surface area contributed by atoms with E-state index < -0.39 is 13.5 Å². The van der Waals surface area contributed by atoms with Crippen LogP contribution in [0.3, 0.4) is 0 Å². The van der Waals surface area contributed by atoms with E-state index in [9.17, 15) is 8.76 Å². The summed E-state index contributed by atoms with van der Waals surface area (Å²) in [6.07, 6.45) is 5.95. The van der Waals surface area contributed by atoms with Crippen LogP contribution in [-0.2, 0) is 9.09 Å². The summed E-state index contributed by atoms with van der Waals surface area (Å²) in [7, 11) is -4.82. The predicted molar refractivity (Wildman–Crippen MR) is 52.7 cm³/mol. The lowest BCUT2D eigenvalue weighted by molar-refractivity contribution is 0.0397. The van der Waals surface area contributed by atoms with E-state index in [2.05, 4.69) is 0 Å². The van der Waals surface area contributed by atoms with Crippen LogP contribution < -0.4 is 0 Å². The van der Waals surface area contributed by atoms with Gasteiger partial charge in [0.25, 0.3) is 0 Å². The van der Waals surface area contributed by atoms with Gasteiger partial charge in [-0.05, 0) is 19.3 Å². The first kappa shape index (κ1) is 12.2. The van der Waals surface area contributed by atoms with E-state index in [0.29, 0.717) is 19.3 Å². The van der Waals surface area contributed by atoms with Gasteiger partial charge < -0.3 is 0 Å². The van der Waals surface area contributed by atoms with Gasteiger partial charge in [0.2, 0.25) is 0 Å². The van der Waals surface area contributed by atoms with Crippen molar-refractivity contribution in [1.29, 1.82) is 0 Å². The van der Waals surface area contributed by atoms with Crippen molar-refractivity contribution in [3.8, 4) is 0 Å². The smallest absolute Gasteiger partial charge is 0.299 e. The number of unbranched alkanes of at least 4 members (excludes halogenated alkanes) is 1. The molecule has 1 unspecified atom stereocenters. The van der Waals surface area contributed by atoms with Gasteiger partial charge in [0.05, 0.1) is 5.60 Å². The lowest BCUT2D eigenvalue weighted by Gasteiger charge is -2.28. The van der Waals surface area contributed by atoms with Crippen molar-refractivity contribution >= 4 is 7.91 Å². The molecule has 1 aliphatic rings. The van der Waals surface area contributed by atoms with Gasteiger partial charge in [0, 0.05) is 0 Å². The van der Waals surface area contributed by atoms with Crippen molar-refractivity contribution in [3.63, 3.8) is 0 Å². The van der Waals surface area contributed by atoms with Gasteiger partial charge in [-0.3, -0.25) is 9.42 Å². The maximum atomic E-state index is 12.6. The summed E-state index contributed by atoms with van der Waals surface area (Å²) in [5, 5.41) is 0. The summed E-state index contributed by atoms with van der Waals surface area (Å²) >= 11 is 0. The highest BCUT2D eigenvalue weighted by Gasteiger charge is 2.40. The fourth-order valence-corrected chi connectivity index (χ4v) is 2.90. The fraction of sp³-hybridized carbons (Fsp3) is 1.00. The molecule has 0 aromatic rings. The Hall–Kier alpha value is 0.0800. The predicted octanol–water partition coefficient (Wildman–Crippen LogP) is 3.58. The zero-order valence-corrected chi connectivity index (χ0v) is 9.43. The fourth-order valence-electron chi connectivity index (χ4n) is 2.14. The second kappa shape index (κ2) is 4.73. The van der Waals surface area contributed by atoms with E-state index in [4.69, 9.17) is 9.42 Å². The SMILES string of the molecule is CCCCC1(OP(=O)(O)F)CCCC1. The van der Waals surface area contributed by atoms with Crippen LogP contribution in [0.5, 0.6) is 0 Å². The van der Waals surface area contributed by atoms with Crippen LogP contribution in [0.4, 0.5) is 4.20 Å². The molecule has 0 radical (unpaired) electrons. The normalized spacial score (nSPS) is 24.8. The van der Waals surface area contributed by atoms with Crippen molar-refractivity contribution < 1.29 is 18.2 Å². The Labute approximate surface area is 84.3 Å². The Kier molecular flexibility index (Phi) is 4.11. The molecule has 1 aliphatic carbocycles. The Morgan fingerprint density at radius 3 is 2.50 bits per heavy atom. The molecule has 0 heterocycles. The molecule has 1 saturated carbocycles. The summed E-state index contributed by atoms with van der Waals surface area (Å²) < 4.78 is 27.9. The highest BCUT2D eigenvalue weighted by atomic mass is 31.2. The molecule has 0 aromatic heterocycles. The van der Waals surface area contributed by atoms with E-state index >= 15 is 0 Å². The van der Waals surface area contributed by atoms with Crippen molar-refractivity contribution in [2.24, 2.45) is 0 Å². The average Bonchev–Trinajstić information content (AvgIpc) is 2.47. The lowest BCUT2D eigenvalue weighted by atomic mass is 9.95. The molecule has 1 fully saturated rings. The van der Waals surface area contributed by atoms with Crippen LogP contribution in [0.1, 0.15) is 51.9 Å². The molecule has 1 N–H and O–H groups in total. The highest BCUT2D eigenvalue weighted by Crippen LogP contribution is 2.53. The van der Waals surface area contributed by atoms with E-state index in [1.54, 1.807) is 0 Å². The van der Waals surface area contributed by atoms with Gasteiger partial charge in [-0.15, -0.1) is 4.20 Å². The summed E-state index contributed by atoms with van der Waals surface area (Å²) in [6, 6.07) is 0. The summed E-state index contributed by atoms with van der Waals surface area (Å²) in [5.74, 6) is 0. The first-order valence-electron chi connectivity index (χ1n) is 5.21. The molecule has 1 atom stereocenters. The van der Waals surface area contributed by atoms with Gasteiger partial charge >= 0.3 is 7.91 Å². The quantitative estimate of drug-likeness (QED) is 0.726. The topological polar surface area (TPSA) is 46.5 Å². The van der Waals surface area contributed by atoms with Crippen molar-refractivity contribution in [2.75, 3.05) is 0 Å². The van der Waals surface area contributed by atoms with Crippen LogP contribution in [0, 0.1) is 0 Å². The number of hydrogen-bond donors (Lipinski definition) is 1. The molecule has 0 aliphatic heterocycles. The first-order valence-corrected chi connectivity index (χ1v) is 6.67. The van der Waals surface area contributed by atoms with E-state index in [0.717, 1.165) is 25.7 Å². The molecular formula is C9H18FO3P. The molecule has 0 saturated heterocycles. The molecule has 14 heavy (non-hydrogen) atoms. The van der Waals surface area contributed by atoms with Crippen LogP contribution in [0.15, 0.2) is 0 Å². The average molecular weight is 224 g/mol. The monoisotopic (exact) mass is 224 g/mol. The zero-order valence-electron chi connectivity index (χ0n) is 8.54. The van der Waals surface area contributed by atoms with Gasteiger partial charge in [0.15, 0.2) is 0 Å². The zero-order chi connectivity index (χ0) is 10.7. The lowest BCUT2D eigenvalue weighted by Crippen LogP contribution is -2.27. The maximum Gasteiger partial charge on any atom is 0.511 e. The Morgan fingerprint density at radius 2 is 2.07 bits per heavy atom. The van der Waals surface area contributed by atoms with Crippen molar-refractivity contribution in [1.82, 2.24) is 0 Å². The molecular weight excluding hydrogens is 206 g/mol. The standard InChI is InChI=1S/C9H18FO3P/c1-2-3-6-9(7-4-5-8-9)13-14(10,11)12/h2-8H2,1H3,(H,11,12). The van der Waals surface area contributed by atoms with Crippen molar-refractivity contribution in [3.05, 3.63) is 0 Å². The summed E-state index contributed by atoms with van der Waals surface area (Å²) in [5.41, 5.74) is -0.658. The molecule has 5 heteroatoms. The first-order chi connectivity index (χ1) is 6.47. The molecule has 0 aromatic carbocycles. The van der Waals surface area contributed by atoms with Gasteiger partial charge in [-0.2, -0.15) is 0 Å². The molecule has 0 bridgehead atoms. The van der Waals surface area contributed by atoms with E-state index in [1.807, 2.05) is 6.92 Å². The molecule has 1 rings (SSSR count). The second-order valence-electron chi connectivity index (χ2n) is 4.04. The van der Waals surface area contributed by atoms with Crippen LogP contribution in [-0.4, -0.2) is 10.5 Å². The number of rotatable bonds is 5. The minimum atomic E-state index is -4.82. The number of hydrogen-bond acceptors (Lipinski definition) is 2. The van der Waals surface area contributed by atoms with Crippen molar-refractivity contribution in [2.45, 2.75) is 57.5 Å². The molecule has 3 nitrogen and oxygen atoms in total. The Morgan fingerprint density at radius 1 is 1.50 bits per heavy atom. The Bertz CT molecular complexity index is 220.